The fraction of sp³-hybridized carbons (Fsp3) is 0.300. The first-order valence-electron chi connectivity index (χ1n) is 8.30. The largest absolute Gasteiger partial charge is 0.469 e. The Bertz CT molecular complexity index is 865. The van der Waals surface area contributed by atoms with Crippen LogP contribution in [-0.4, -0.2) is 22.6 Å². The molecular weight excluding hydrogens is 332 g/mol. The van der Waals surface area contributed by atoms with Gasteiger partial charge in [-0.1, -0.05) is 30.3 Å². The van der Waals surface area contributed by atoms with E-state index in [9.17, 15) is 4.79 Å². The molecule has 5 heteroatoms. The number of hydrogen-bond donors (Lipinski definition) is 0. The molecule has 3 aromatic rings. The first kappa shape index (κ1) is 17.4. The van der Waals surface area contributed by atoms with Gasteiger partial charge in [0.05, 0.1) is 24.2 Å². The van der Waals surface area contributed by atoms with Gasteiger partial charge in [0, 0.05) is 35.3 Å². The Hall–Kier alpha value is -2.40. The second-order valence-corrected chi connectivity index (χ2v) is 6.99. The van der Waals surface area contributed by atoms with Gasteiger partial charge in [0.2, 0.25) is 0 Å². The zero-order valence-electron chi connectivity index (χ0n) is 14.8. The Morgan fingerprint density at radius 3 is 2.72 bits per heavy atom. The van der Waals surface area contributed by atoms with Crippen molar-refractivity contribution in [2.24, 2.45) is 0 Å². The molecule has 0 amide bonds. The van der Waals surface area contributed by atoms with Gasteiger partial charge in [-0.2, -0.15) is 0 Å². The highest BCUT2D eigenvalue weighted by atomic mass is 32.1. The third-order valence-corrected chi connectivity index (χ3v) is 5.22. The molecule has 0 spiro atoms. The van der Waals surface area contributed by atoms with Crippen molar-refractivity contribution in [1.82, 2.24) is 9.55 Å². The summed E-state index contributed by atoms with van der Waals surface area (Å²) in [6.45, 7) is 4.77. The molecule has 0 fully saturated rings. The van der Waals surface area contributed by atoms with E-state index in [-0.39, 0.29) is 5.97 Å². The van der Waals surface area contributed by atoms with Crippen molar-refractivity contribution in [2.75, 3.05) is 7.11 Å². The first-order valence-corrected chi connectivity index (χ1v) is 9.18. The second-order valence-electron chi connectivity index (χ2n) is 6.05. The molecule has 0 aliphatic heterocycles. The summed E-state index contributed by atoms with van der Waals surface area (Å²) < 4.78 is 6.90. The first-order chi connectivity index (χ1) is 12.1. The van der Waals surface area contributed by atoms with Gasteiger partial charge in [-0.3, -0.25) is 4.79 Å². The Kier molecular flexibility index (Phi) is 5.34. The van der Waals surface area contributed by atoms with Crippen LogP contribution in [0.25, 0.3) is 11.3 Å². The standard InChI is InChI=1S/C20H22N2O2S/c1-14-11-17(15(2)22(14)10-9-20(23)24-3)18-13-25-19(21-18)12-16-7-5-4-6-8-16/h4-8,11,13H,9-10,12H2,1-3H3. The maximum Gasteiger partial charge on any atom is 0.307 e. The van der Waals surface area contributed by atoms with E-state index in [0.29, 0.717) is 13.0 Å². The van der Waals surface area contributed by atoms with Gasteiger partial charge in [0.25, 0.3) is 0 Å². The molecule has 0 radical (unpaired) electrons. The van der Waals surface area contributed by atoms with E-state index in [1.165, 1.54) is 12.7 Å². The van der Waals surface area contributed by atoms with Crippen LogP contribution in [0.3, 0.4) is 0 Å². The van der Waals surface area contributed by atoms with Gasteiger partial charge in [-0.15, -0.1) is 11.3 Å². The number of methoxy groups -OCH3 is 1. The molecule has 0 saturated carbocycles. The van der Waals surface area contributed by atoms with E-state index in [2.05, 4.69) is 54.1 Å². The average molecular weight is 354 g/mol. The summed E-state index contributed by atoms with van der Waals surface area (Å²) in [5.74, 6) is -0.187. The SMILES string of the molecule is COC(=O)CCn1c(C)cc(-c2csc(Cc3ccccc3)n2)c1C. The summed E-state index contributed by atoms with van der Waals surface area (Å²) in [4.78, 5) is 16.2. The second kappa shape index (κ2) is 7.66. The van der Waals surface area contributed by atoms with Crippen LogP contribution in [0, 0.1) is 13.8 Å². The van der Waals surface area contributed by atoms with Crippen LogP contribution in [0.2, 0.25) is 0 Å². The number of hydrogen-bond acceptors (Lipinski definition) is 4. The van der Waals surface area contributed by atoms with Crippen LogP contribution in [0.15, 0.2) is 41.8 Å². The highest BCUT2D eigenvalue weighted by Crippen LogP contribution is 2.29. The van der Waals surface area contributed by atoms with Gasteiger partial charge in [-0.25, -0.2) is 4.98 Å². The van der Waals surface area contributed by atoms with Crippen molar-refractivity contribution in [1.29, 1.82) is 0 Å². The minimum absolute atomic E-state index is 0.187. The van der Waals surface area contributed by atoms with Crippen LogP contribution in [0.5, 0.6) is 0 Å². The molecule has 3 rings (SSSR count). The molecule has 0 aliphatic rings. The number of rotatable bonds is 6. The van der Waals surface area contributed by atoms with Gasteiger partial charge in [0.15, 0.2) is 0 Å². The number of thiazole rings is 1. The molecule has 0 bridgehead atoms. The predicted octanol–water partition coefficient (Wildman–Crippen LogP) is 4.38. The third kappa shape index (κ3) is 3.99. The molecule has 130 valence electrons. The van der Waals surface area contributed by atoms with Crippen LogP contribution >= 0.6 is 11.3 Å². The molecule has 25 heavy (non-hydrogen) atoms. The summed E-state index contributed by atoms with van der Waals surface area (Å²) in [7, 11) is 1.42. The lowest BCUT2D eigenvalue weighted by Gasteiger charge is -2.08. The Balaban J connectivity index is 1.79. The van der Waals surface area contributed by atoms with Crippen LogP contribution in [-0.2, 0) is 22.5 Å². The fourth-order valence-electron chi connectivity index (χ4n) is 3.00. The summed E-state index contributed by atoms with van der Waals surface area (Å²) in [5, 5.41) is 3.23. The van der Waals surface area contributed by atoms with E-state index in [1.807, 2.05) is 6.07 Å². The van der Waals surface area contributed by atoms with E-state index in [4.69, 9.17) is 9.72 Å². The highest BCUT2D eigenvalue weighted by molar-refractivity contribution is 7.10. The molecule has 1 aromatic carbocycles. The smallest absolute Gasteiger partial charge is 0.307 e. The summed E-state index contributed by atoms with van der Waals surface area (Å²) in [5.41, 5.74) is 5.69. The number of aromatic nitrogens is 2. The van der Waals surface area contributed by atoms with Gasteiger partial charge in [-0.05, 0) is 25.5 Å². The van der Waals surface area contributed by atoms with Gasteiger partial charge < -0.3 is 9.30 Å². The number of benzene rings is 1. The Morgan fingerprint density at radius 1 is 1.24 bits per heavy atom. The molecule has 0 saturated heterocycles. The number of ether oxygens (including phenoxy) is 1. The molecule has 0 unspecified atom stereocenters. The van der Waals surface area contributed by atoms with Gasteiger partial charge in [0.1, 0.15) is 0 Å². The van der Waals surface area contributed by atoms with E-state index < -0.39 is 0 Å². The minimum atomic E-state index is -0.187. The minimum Gasteiger partial charge on any atom is -0.469 e. The van der Waals surface area contributed by atoms with Crippen LogP contribution < -0.4 is 0 Å². The normalized spacial score (nSPS) is 10.8. The fourth-order valence-corrected chi connectivity index (χ4v) is 3.82. The number of aryl methyl sites for hydroxylation is 1. The van der Waals surface area contributed by atoms with Crippen molar-refractivity contribution in [2.45, 2.75) is 33.2 Å². The van der Waals surface area contributed by atoms with E-state index >= 15 is 0 Å². The number of carbonyl (C=O) groups is 1. The third-order valence-electron chi connectivity index (χ3n) is 4.37. The van der Waals surface area contributed by atoms with Crippen molar-refractivity contribution >= 4 is 17.3 Å². The number of carbonyl (C=O) groups excluding carboxylic acids is 1. The molecule has 0 aliphatic carbocycles. The maximum atomic E-state index is 11.4. The van der Waals surface area contributed by atoms with Crippen molar-refractivity contribution in [3.63, 3.8) is 0 Å². The summed E-state index contributed by atoms with van der Waals surface area (Å²) >= 11 is 1.69. The van der Waals surface area contributed by atoms with Crippen LogP contribution in [0.1, 0.15) is 28.4 Å². The number of esters is 1. The number of nitrogens with zero attached hydrogens (tertiary/aromatic N) is 2. The highest BCUT2D eigenvalue weighted by Gasteiger charge is 2.14. The Morgan fingerprint density at radius 2 is 2.00 bits per heavy atom. The topological polar surface area (TPSA) is 44.1 Å². The lowest BCUT2D eigenvalue weighted by Crippen LogP contribution is -2.09. The summed E-state index contributed by atoms with van der Waals surface area (Å²) in [6.07, 6.45) is 1.23. The maximum absolute atomic E-state index is 11.4. The monoisotopic (exact) mass is 354 g/mol. The van der Waals surface area contributed by atoms with Gasteiger partial charge >= 0.3 is 5.97 Å². The van der Waals surface area contributed by atoms with Crippen molar-refractivity contribution in [3.05, 3.63) is 63.7 Å². The predicted molar refractivity (Wildman–Crippen MR) is 101 cm³/mol. The van der Waals surface area contributed by atoms with Crippen molar-refractivity contribution < 1.29 is 9.53 Å². The summed E-state index contributed by atoms with van der Waals surface area (Å²) in [6, 6.07) is 12.5. The zero-order valence-corrected chi connectivity index (χ0v) is 15.6. The molecular formula is C20H22N2O2S. The van der Waals surface area contributed by atoms with E-state index in [0.717, 1.165) is 34.1 Å². The van der Waals surface area contributed by atoms with Crippen molar-refractivity contribution in [3.8, 4) is 11.3 Å². The zero-order chi connectivity index (χ0) is 17.8. The lowest BCUT2D eigenvalue weighted by molar-refractivity contribution is -0.140. The average Bonchev–Trinajstić information content (AvgIpc) is 3.18. The molecule has 2 heterocycles. The van der Waals surface area contributed by atoms with E-state index in [1.54, 1.807) is 11.3 Å². The molecule has 4 nitrogen and oxygen atoms in total. The van der Waals surface area contributed by atoms with Crippen LogP contribution in [0.4, 0.5) is 0 Å². The lowest BCUT2D eigenvalue weighted by atomic mass is 10.1. The molecule has 0 N–H and O–H groups in total. The molecule has 0 atom stereocenters. The molecule has 2 aromatic heterocycles. The Labute approximate surface area is 152 Å². The quantitative estimate of drug-likeness (QED) is 0.617.